The summed E-state index contributed by atoms with van der Waals surface area (Å²) in [7, 11) is 1.66. The molecule has 400 valence electrons. The van der Waals surface area contributed by atoms with Crippen LogP contribution in [0.2, 0.25) is 0 Å². The van der Waals surface area contributed by atoms with Gasteiger partial charge in [0.1, 0.15) is 29.5 Å². The molecule has 3 unspecified atom stereocenters. The maximum atomic E-state index is 12.5. The van der Waals surface area contributed by atoms with Crippen molar-refractivity contribution in [2.45, 2.75) is 167 Å². The molecular formula is C58H79N7O9. The molecule has 0 aromatic heterocycles. The fraction of sp³-hybridized carbons (Fsp3) is 0.569. The second-order valence-electron chi connectivity index (χ2n) is 21.1. The van der Waals surface area contributed by atoms with Gasteiger partial charge < -0.3 is 24.2 Å². The Bertz CT molecular complexity index is 2430. The van der Waals surface area contributed by atoms with Crippen molar-refractivity contribution in [3.63, 3.8) is 0 Å². The van der Waals surface area contributed by atoms with Gasteiger partial charge in [0.2, 0.25) is 35.4 Å². The number of ether oxygens (including phenoxy) is 2. The molecule has 16 nitrogen and oxygen atoms in total. The molecule has 74 heavy (non-hydrogen) atoms. The third-order valence-electron chi connectivity index (χ3n) is 15.0. The highest BCUT2D eigenvalue weighted by molar-refractivity contribution is 6.03. The van der Waals surface area contributed by atoms with Crippen LogP contribution >= 0.6 is 0 Å². The Morgan fingerprint density at radius 2 is 1.08 bits per heavy atom. The number of benzene rings is 3. The minimum absolute atomic E-state index is 0.145. The number of carbonyl (C=O) groups is 7. The van der Waals surface area contributed by atoms with Gasteiger partial charge in [-0.15, -0.1) is 0 Å². The van der Waals surface area contributed by atoms with Crippen LogP contribution in [0, 0.1) is 0 Å². The van der Waals surface area contributed by atoms with Crippen molar-refractivity contribution in [3.05, 3.63) is 82.4 Å². The van der Waals surface area contributed by atoms with Gasteiger partial charge in [-0.3, -0.25) is 54.4 Å². The molecule has 4 fully saturated rings. The lowest BCUT2D eigenvalue weighted by Crippen LogP contribution is -2.54. The van der Waals surface area contributed by atoms with Gasteiger partial charge in [-0.05, 0) is 175 Å². The Balaban J connectivity index is 0.000000166. The number of aryl methyl sites for hydroxylation is 3. The van der Waals surface area contributed by atoms with Crippen LogP contribution in [0.15, 0.2) is 54.6 Å². The van der Waals surface area contributed by atoms with Crippen LogP contribution in [0.4, 0.5) is 17.1 Å². The van der Waals surface area contributed by atoms with E-state index in [0.29, 0.717) is 51.0 Å². The largest absolute Gasteiger partial charge is 0.497 e. The molecule has 3 aromatic rings. The third-order valence-corrected chi connectivity index (χ3v) is 15.0. The van der Waals surface area contributed by atoms with E-state index in [-0.39, 0.29) is 59.5 Å². The standard InChI is InChI=1S/C25H35N3O4.C16H20N2O2.C15H18N2O3.C2H6/c1-25(2,3)32-23(30)16-27-14-11-17(12-15-27)18-6-4-8-20-19(18)7-5-13-28(20)21-9-10-22(29)26-24(21)31;1-2-11-5-6-13-12(10-11)4-3-9-18(13)14-7-8-15(19)17-16(14)20;1-20-11-4-5-12-10(9-11)3-2-8-17(12)13-6-7-14(18)16-15(13)19;1-2/h4,6,8,17,21H,5,7,9-16H2,1-3H3,(H,26,29,31);5-6,10,14H,2-4,7-9H2,1H3,(H,17,19,20);4-5,9,13H,2-3,6-8H2,1H3,(H,16,18,19);1-2H3. The maximum absolute atomic E-state index is 12.5. The second-order valence-corrected chi connectivity index (χ2v) is 21.1. The molecule has 0 spiro atoms. The topological polar surface area (TPSA) is 187 Å². The Morgan fingerprint density at radius 3 is 1.57 bits per heavy atom. The van der Waals surface area contributed by atoms with E-state index in [9.17, 15) is 33.6 Å². The van der Waals surface area contributed by atoms with E-state index in [1.165, 1.54) is 33.5 Å². The number of rotatable bonds is 8. The number of carbonyl (C=O) groups excluding carboxylic acids is 7. The first kappa shape index (κ1) is 55.5. The van der Waals surface area contributed by atoms with Gasteiger partial charge in [0.15, 0.2) is 0 Å². The molecule has 0 radical (unpaired) electrons. The Morgan fingerprint density at radius 1 is 0.595 bits per heavy atom. The third kappa shape index (κ3) is 13.7. The van der Waals surface area contributed by atoms with E-state index >= 15 is 0 Å². The fourth-order valence-corrected chi connectivity index (χ4v) is 11.6. The lowest BCUT2D eigenvalue weighted by atomic mass is 9.83. The molecule has 7 aliphatic heterocycles. The Hall–Kier alpha value is -6.29. The summed E-state index contributed by atoms with van der Waals surface area (Å²) in [5.41, 5.74) is 9.58. The van der Waals surface area contributed by atoms with Crippen LogP contribution in [0.25, 0.3) is 0 Å². The molecule has 3 aromatic carbocycles. The van der Waals surface area contributed by atoms with Gasteiger partial charge in [-0.25, -0.2) is 0 Å². The van der Waals surface area contributed by atoms with E-state index < -0.39 is 5.60 Å². The van der Waals surface area contributed by atoms with E-state index in [1.807, 2.05) is 52.8 Å². The van der Waals surface area contributed by atoms with E-state index in [1.54, 1.807) is 7.11 Å². The van der Waals surface area contributed by atoms with Crippen molar-refractivity contribution >= 4 is 58.5 Å². The first-order valence-corrected chi connectivity index (χ1v) is 27.2. The Kier molecular flexibility index (Phi) is 19.0. The number of hydrogen-bond donors (Lipinski definition) is 3. The monoisotopic (exact) mass is 1020 g/mol. The van der Waals surface area contributed by atoms with Gasteiger partial charge in [-0.2, -0.15) is 0 Å². The van der Waals surface area contributed by atoms with Crippen molar-refractivity contribution in [1.29, 1.82) is 0 Å². The summed E-state index contributed by atoms with van der Waals surface area (Å²) < 4.78 is 10.7. The van der Waals surface area contributed by atoms with Crippen molar-refractivity contribution in [2.24, 2.45) is 0 Å². The molecule has 3 atom stereocenters. The number of likely N-dealkylation sites (tertiary alicyclic amines) is 1. The van der Waals surface area contributed by atoms with Gasteiger partial charge >= 0.3 is 5.97 Å². The number of amides is 6. The zero-order valence-corrected chi connectivity index (χ0v) is 44.8. The molecule has 16 heteroatoms. The van der Waals surface area contributed by atoms with Crippen LogP contribution in [0.1, 0.15) is 146 Å². The van der Waals surface area contributed by atoms with Crippen LogP contribution in [-0.2, 0) is 64.0 Å². The number of imide groups is 3. The minimum atomic E-state index is -0.451. The lowest BCUT2D eigenvalue weighted by Gasteiger charge is -2.40. The fourth-order valence-electron chi connectivity index (χ4n) is 11.6. The Labute approximate surface area is 437 Å². The number of piperidine rings is 4. The predicted molar refractivity (Wildman–Crippen MR) is 286 cm³/mol. The number of esters is 1. The number of nitrogens with zero attached hydrogens (tertiary/aromatic N) is 4. The lowest BCUT2D eigenvalue weighted by molar-refractivity contribution is -0.156. The number of anilines is 3. The number of hydrogen-bond acceptors (Lipinski definition) is 13. The number of nitrogens with one attached hydrogen (secondary N) is 3. The second kappa shape index (κ2) is 25.3. The number of methoxy groups -OCH3 is 1. The summed E-state index contributed by atoms with van der Waals surface area (Å²) >= 11 is 0. The number of fused-ring (bicyclic) bond motifs is 3. The highest BCUT2D eigenvalue weighted by atomic mass is 16.6. The average Bonchev–Trinajstić information content (AvgIpc) is 3.38. The molecule has 7 aliphatic rings. The summed E-state index contributed by atoms with van der Waals surface area (Å²) in [4.78, 5) is 91.6. The van der Waals surface area contributed by atoms with Gasteiger partial charge in [0, 0.05) is 56.0 Å². The highest BCUT2D eigenvalue weighted by Crippen LogP contribution is 2.40. The molecular weight excluding hydrogens is 939 g/mol. The quantitative estimate of drug-likeness (QED) is 0.157. The first-order chi connectivity index (χ1) is 35.6. The smallest absolute Gasteiger partial charge is 0.320 e. The van der Waals surface area contributed by atoms with Crippen molar-refractivity contribution in [1.82, 2.24) is 20.9 Å². The zero-order chi connectivity index (χ0) is 53.1. The van der Waals surface area contributed by atoms with E-state index in [4.69, 9.17) is 9.47 Å². The van der Waals surface area contributed by atoms with Gasteiger partial charge in [-0.1, -0.05) is 45.0 Å². The SMILES string of the molecule is CC.CC(C)(C)OC(=O)CN1CCC(c2cccc3c2CCCN3C2CCC(=O)NC2=O)CC1.CCc1ccc2c(c1)CCCN2C1CCC(=O)NC1=O.COc1ccc2c(c1)CCCN2C1CCC(=O)NC1=O. The summed E-state index contributed by atoms with van der Waals surface area (Å²) in [6.45, 7) is 16.5. The average molecular weight is 1020 g/mol. The summed E-state index contributed by atoms with van der Waals surface area (Å²) in [5, 5.41) is 7.40. The molecule has 4 saturated heterocycles. The van der Waals surface area contributed by atoms with Crippen LogP contribution in [-0.4, -0.2) is 116 Å². The van der Waals surface area contributed by atoms with Gasteiger partial charge in [0.05, 0.1) is 13.7 Å². The summed E-state index contributed by atoms with van der Waals surface area (Å²) in [6, 6.07) is 18.3. The molecule has 7 heterocycles. The van der Waals surface area contributed by atoms with Crippen LogP contribution < -0.4 is 35.4 Å². The summed E-state index contributed by atoms with van der Waals surface area (Å²) in [6.07, 6.45) is 12.3. The van der Waals surface area contributed by atoms with Crippen molar-refractivity contribution in [2.75, 3.05) is 61.1 Å². The van der Waals surface area contributed by atoms with Crippen LogP contribution in [0.3, 0.4) is 0 Å². The minimum Gasteiger partial charge on any atom is -0.497 e. The zero-order valence-electron chi connectivity index (χ0n) is 44.8. The van der Waals surface area contributed by atoms with E-state index in [2.05, 4.69) is 78.9 Å². The molecule has 0 aliphatic carbocycles. The first-order valence-electron chi connectivity index (χ1n) is 27.2. The molecule has 10 rings (SSSR count). The molecule has 0 bridgehead atoms. The predicted octanol–water partition coefficient (Wildman–Crippen LogP) is 6.85. The molecule has 3 N–H and O–H groups in total. The maximum Gasteiger partial charge on any atom is 0.320 e. The van der Waals surface area contributed by atoms with Gasteiger partial charge in [0.25, 0.3) is 0 Å². The molecule has 0 saturated carbocycles. The van der Waals surface area contributed by atoms with Crippen LogP contribution in [0.5, 0.6) is 5.75 Å². The summed E-state index contributed by atoms with van der Waals surface area (Å²) in [5.74, 6) is 0.162. The van der Waals surface area contributed by atoms with E-state index in [0.717, 1.165) is 108 Å². The van der Waals surface area contributed by atoms with Crippen molar-refractivity contribution in [3.8, 4) is 5.75 Å². The normalized spacial score (nSPS) is 22.1. The highest BCUT2D eigenvalue weighted by Gasteiger charge is 2.38. The molecule has 6 amide bonds. The van der Waals surface area contributed by atoms with Crippen molar-refractivity contribution < 1.29 is 43.0 Å².